The van der Waals surface area contributed by atoms with Gasteiger partial charge in [0.05, 0.1) is 19.2 Å². The van der Waals surface area contributed by atoms with Gasteiger partial charge in [0.2, 0.25) is 5.95 Å². The number of tetrazole rings is 1. The van der Waals surface area contributed by atoms with E-state index >= 15 is 0 Å². The van der Waals surface area contributed by atoms with Crippen molar-refractivity contribution >= 4 is 5.95 Å². The molecule has 28 heavy (non-hydrogen) atoms. The fraction of sp³-hybridized carbons (Fsp3) is 0.316. The SMILES string of the molecule is COc1cccc(C2CC(c3ccc(C)cc3)Nc3nnnn32)c1OC(F)F. The summed E-state index contributed by atoms with van der Waals surface area (Å²) in [6.45, 7) is -0.955. The van der Waals surface area contributed by atoms with E-state index in [-0.39, 0.29) is 17.5 Å². The monoisotopic (exact) mass is 387 g/mol. The van der Waals surface area contributed by atoms with Crippen LogP contribution in [0.3, 0.4) is 0 Å². The van der Waals surface area contributed by atoms with Crippen LogP contribution in [0.4, 0.5) is 14.7 Å². The van der Waals surface area contributed by atoms with Gasteiger partial charge in [0.1, 0.15) is 0 Å². The Kier molecular flexibility index (Phi) is 4.81. The van der Waals surface area contributed by atoms with Crippen molar-refractivity contribution < 1.29 is 18.3 Å². The number of hydrogen-bond acceptors (Lipinski definition) is 6. The van der Waals surface area contributed by atoms with E-state index in [0.717, 1.165) is 11.1 Å². The molecule has 1 aromatic heterocycles. The van der Waals surface area contributed by atoms with Gasteiger partial charge in [-0.05, 0) is 35.4 Å². The minimum absolute atomic E-state index is 0.00370. The zero-order chi connectivity index (χ0) is 19.7. The van der Waals surface area contributed by atoms with Crippen molar-refractivity contribution in [3.05, 3.63) is 59.2 Å². The molecule has 1 aliphatic heterocycles. The van der Waals surface area contributed by atoms with E-state index in [9.17, 15) is 8.78 Å². The normalized spacial score (nSPS) is 18.5. The Labute approximate surface area is 160 Å². The maximum Gasteiger partial charge on any atom is 0.387 e. The number of methoxy groups -OCH3 is 1. The minimum atomic E-state index is -2.97. The summed E-state index contributed by atoms with van der Waals surface area (Å²) in [6.07, 6.45) is 0.549. The molecule has 1 N–H and O–H groups in total. The predicted molar refractivity (Wildman–Crippen MR) is 97.7 cm³/mol. The molecule has 0 bridgehead atoms. The summed E-state index contributed by atoms with van der Waals surface area (Å²) in [5.41, 5.74) is 2.75. The van der Waals surface area contributed by atoms with Crippen LogP contribution < -0.4 is 14.8 Å². The van der Waals surface area contributed by atoms with Crippen molar-refractivity contribution in [1.29, 1.82) is 0 Å². The molecule has 4 rings (SSSR count). The molecule has 2 atom stereocenters. The first-order valence-electron chi connectivity index (χ1n) is 8.79. The van der Waals surface area contributed by atoms with E-state index in [4.69, 9.17) is 9.47 Å². The molecule has 0 radical (unpaired) electrons. The van der Waals surface area contributed by atoms with Gasteiger partial charge in [-0.25, -0.2) is 4.68 Å². The second kappa shape index (κ2) is 7.41. The Morgan fingerprint density at radius 1 is 1.18 bits per heavy atom. The average molecular weight is 387 g/mol. The zero-order valence-corrected chi connectivity index (χ0v) is 15.3. The molecule has 9 heteroatoms. The van der Waals surface area contributed by atoms with Gasteiger partial charge < -0.3 is 14.8 Å². The van der Waals surface area contributed by atoms with Gasteiger partial charge in [0.25, 0.3) is 0 Å². The average Bonchev–Trinajstić information content (AvgIpc) is 3.16. The molecule has 0 saturated heterocycles. The molecular formula is C19H19F2N5O2. The number of aromatic nitrogens is 4. The van der Waals surface area contributed by atoms with Crippen LogP contribution in [0.25, 0.3) is 0 Å². The van der Waals surface area contributed by atoms with Crippen LogP contribution in [0.15, 0.2) is 42.5 Å². The molecule has 0 amide bonds. The van der Waals surface area contributed by atoms with Crippen LogP contribution in [-0.2, 0) is 0 Å². The smallest absolute Gasteiger partial charge is 0.387 e. The van der Waals surface area contributed by atoms with Gasteiger partial charge in [-0.3, -0.25) is 0 Å². The summed E-state index contributed by atoms with van der Waals surface area (Å²) in [4.78, 5) is 0. The van der Waals surface area contributed by atoms with Gasteiger partial charge in [0.15, 0.2) is 11.5 Å². The highest BCUT2D eigenvalue weighted by molar-refractivity contribution is 5.50. The summed E-state index contributed by atoms with van der Waals surface area (Å²) >= 11 is 0. The maximum atomic E-state index is 13.1. The summed E-state index contributed by atoms with van der Waals surface area (Å²) in [5.74, 6) is 0.696. The number of halogens is 2. The first kappa shape index (κ1) is 18.1. The number of anilines is 1. The van der Waals surface area contributed by atoms with Crippen molar-refractivity contribution in [2.45, 2.75) is 32.0 Å². The minimum Gasteiger partial charge on any atom is -0.493 e. The molecule has 0 saturated carbocycles. The standard InChI is InChI=1S/C19H19F2N5O2/c1-11-6-8-12(9-7-11)14-10-15(26-19(22-14)23-24-25-26)13-4-3-5-16(27-2)17(13)28-18(20)21/h3-9,14-15,18H,10H2,1-2H3,(H,22,23,25). The zero-order valence-electron chi connectivity index (χ0n) is 15.3. The lowest BCUT2D eigenvalue weighted by molar-refractivity contribution is -0.0521. The second-order valence-electron chi connectivity index (χ2n) is 6.56. The van der Waals surface area contributed by atoms with Crippen molar-refractivity contribution in [2.75, 3.05) is 12.4 Å². The second-order valence-corrected chi connectivity index (χ2v) is 6.56. The lowest BCUT2D eigenvalue weighted by Gasteiger charge is -2.32. The topological polar surface area (TPSA) is 74.1 Å². The predicted octanol–water partition coefficient (Wildman–Crippen LogP) is 3.74. The molecule has 2 aromatic carbocycles. The largest absolute Gasteiger partial charge is 0.493 e. The quantitative estimate of drug-likeness (QED) is 0.719. The van der Waals surface area contributed by atoms with Crippen molar-refractivity contribution in [1.82, 2.24) is 20.2 Å². The summed E-state index contributed by atoms with van der Waals surface area (Å²) in [7, 11) is 1.41. The highest BCUT2D eigenvalue weighted by atomic mass is 19.3. The molecule has 2 unspecified atom stereocenters. The molecule has 0 aliphatic carbocycles. The number of aryl methyl sites for hydroxylation is 1. The maximum absolute atomic E-state index is 13.1. The van der Waals surface area contributed by atoms with Crippen LogP contribution in [-0.4, -0.2) is 33.9 Å². The lowest BCUT2D eigenvalue weighted by Crippen LogP contribution is -2.28. The number of rotatable bonds is 5. The Morgan fingerprint density at radius 3 is 2.68 bits per heavy atom. The molecule has 3 aromatic rings. The number of fused-ring (bicyclic) bond motifs is 1. The molecule has 146 valence electrons. The number of para-hydroxylation sites is 1. The third-order valence-electron chi connectivity index (χ3n) is 4.83. The van der Waals surface area contributed by atoms with E-state index in [2.05, 4.69) is 20.8 Å². The highest BCUT2D eigenvalue weighted by Gasteiger charge is 2.33. The number of nitrogens with zero attached hydrogens (tertiary/aromatic N) is 4. The Morgan fingerprint density at radius 2 is 1.96 bits per heavy atom. The summed E-state index contributed by atoms with van der Waals surface area (Å²) < 4.78 is 37.8. The molecule has 0 fully saturated rings. The summed E-state index contributed by atoms with van der Waals surface area (Å²) in [5, 5.41) is 15.1. The highest BCUT2D eigenvalue weighted by Crippen LogP contribution is 2.43. The van der Waals surface area contributed by atoms with Gasteiger partial charge in [-0.2, -0.15) is 8.78 Å². The Balaban J connectivity index is 1.78. The van der Waals surface area contributed by atoms with E-state index in [0.29, 0.717) is 17.9 Å². The van der Waals surface area contributed by atoms with E-state index in [1.54, 1.807) is 22.9 Å². The number of benzene rings is 2. The molecule has 2 heterocycles. The van der Waals surface area contributed by atoms with E-state index < -0.39 is 12.7 Å². The van der Waals surface area contributed by atoms with Crippen LogP contribution in [0.5, 0.6) is 11.5 Å². The third-order valence-corrected chi connectivity index (χ3v) is 4.83. The Bertz CT molecular complexity index is 961. The van der Waals surface area contributed by atoms with Crippen molar-refractivity contribution in [2.24, 2.45) is 0 Å². The van der Waals surface area contributed by atoms with Gasteiger partial charge >= 0.3 is 6.61 Å². The van der Waals surface area contributed by atoms with Gasteiger partial charge in [-0.15, -0.1) is 0 Å². The first-order chi connectivity index (χ1) is 13.6. The number of alkyl halides is 2. The molecule has 0 spiro atoms. The number of hydrogen-bond donors (Lipinski definition) is 1. The van der Waals surface area contributed by atoms with Crippen LogP contribution in [0.1, 0.15) is 35.2 Å². The van der Waals surface area contributed by atoms with Crippen LogP contribution in [0.2, 0.25) is 0 Å². The number of nitrogens with one attached hydrogen (secondary N) is 1. The molecule has 7 nitrogen and oxygen atoms in total. The van der Waals surface area contributed by atoms with Crippen LogP contribution in [0, 0.1) is 6.92 Å². The van der Waals surface area contributed by atoms with E-state index in [1.807, 2.05) is 31.2 Å². The lowest BCUT2D eigenvalue weighted by atomic mass is 9.92. The summed E-state index contributed by atoms with van der Waals surface area (Å²) in [6, 6.07) is 12.7. The molecular weight excluding hydrogens is 368 g/mol. The number of ether oxygens (including phenoxy) is 2. The Hall–Kier alpha value is -3.23. The van der Waals surface area contributed by atoms with Gasteiger partial charge in [-0.1, -0.05) is 47.1 Å². The van der Waals surface area contributed by atoms with Crippen LogP contribution >= 0.6 is 0 Å². The first-order valence-corrected chi connectivity index (χ1v) is 8.79. The fourth-order valence-corrected chi connectivity index (χ4v) is 3.48. The molecule has 1 aliphatic rings. The fourth-order valence-electron chi connectivity index (χ4n) is 3.48. The van der Waals surface area contributed by atoms with E-state index in [1.165, 1.54) is 7.11 Å². The van der Waals surface area contributed by atoms with Crippen molar-refractivity contribution in [3.63, 3.8) is 0 Å². The third kappa shape index (κ3) is 3.35. The van der Waals surface area contributed by atoms with Crippen molar-refractivity contribution in [3.8, 4) is 11.5 Å². The van der Waals surface area contributed by atoms with Gasteiger partial charge in [0, 0.05) is 5.56 Å².